The Morgan fingerprint density at radius 1 is 1.12 bits per heavy atom. The summed E-state index contributed by atoms with van der Waals surface area (Å²) in [4.78, 5) is 15.5. The van der Waals surface area contributed by atoms with Crippen LogP contribution in [-0.4, -0.2) is 21.5 Å². The molecule has 0 bridgehead atoms. The molecule has 0 spiro atoms. The molecule has 0 aliphatic heterocycles. The van der Waals surface area contributed by atoms with Crippen LogP contribution >= 0.6 is 11.3 Å². The zero-order valence-corrected chi connectivity index (χ0v) is 24.4. The number of thiophene rings is 1. The quantitative estimate of drug-likeness (QED) is 0.109. The van der Waals surface area contributed by atoms with E-state index in [1.807, 2.05) is 30.6 Å². The Hall–Kier alpha value is -3.92. The summed E-state index contributed by atoms with van der Waals surface area (Å²) >= 11 is 1.77. The number of aromatic nitrogens is 3. The molecule has 1 aliphatic carbocycles. The van der Waals surface area contributed by atoms with Gasteiger partial charge < -0.3 is 16.0 Å². The fraction of sp³-hybridized carbons (Fsp3) is 0.294. The highest BCUT2D eigenvalue weighted by Crippen LogP contribution is 2.31. The van der Waals surface area contributed by atoms with Gasteiger partial charge in [-0.05, 0) is 86.2 Å². The van der Waals surface area contributed by atoms with Crippen molar-refractivity contribution in [3.05, 3.63) is 106 Å². The van der Waals surface area contributed by atoms with Gasteiger partial charge in [0.1, 0.15) is 5.82 Å². The molecule has 6 heteroatoms. The highest BCUT2D eigenvalue weighted by atomic mass is 32.1. The molecule has 1 aromatic carbocycles. The number of nitrogens with one attached hydrogen (secondary N) is 2. The molecule has 1 aliphatic rings. The molecule has 5 nitrogen and oxygen atoms in total. The van der Waals surface area contributed by atoms with Gasteiger partial charge in [0.2, 0.25) is 0 Å². The van der Waals surface area contributed by atoms with Crippen LogP contribution in [-0.2, 0) is 13.0 Å². The Kier molecular flexibility index (Phi) is 10.1. The normalized spacial score (nSPS) is 13.7. The number of aryl methyl sites for hydroxylation is 2. The van der Waals surface area contributed by atoms with E-state index in [1.165, 1.54) is 41.0 Å². The molecule has 0 saturated heterocycles. The first-order chi connectivity index (χ1) is 19.5. The van der Waals surface area contributed by atoms with Gasteiger partial charge in [0.25, 0.3) is 0 Å². The molecule has 1 saturated carbocycles. The number of rotatable bonds is 10. The molecule has 0 amide bonds. The van der Waals surface area contributed by atoms with Crippen molar-refractivity contribution in [2.24, 2.45) is 5.92 Å². The monoisotopic (exact) mass is 549 g/mol. The molecule has 0 radical (unpaired) electrons. The lowest BCUT2D eigenvalue weighted by molar-refractivity contribution is 0.489. The van der Waals surface area contributed by atoms with Crippen LogP contribution in [0.5, 0.6) is 0 Å². The van der Waals surface area contributed by atoms with E-state index < -0.39 is 0 Å². The smallest absolute Gasteiger partial charge is 0.111 e. The van der Waals surface area contributed by atoms with Gasteiger partial charge in [0.05, 0.1) is 5.69 Å². The van der Waals surface area contributed by atoms with Gasteiger partial charge in [-0.2, -0.15) is 0 Å². The molecule has 3 heterocycles. The number of pyridine rings is 1. The minimum Gasteiger partial charge on any atom is -0.398 e. The summed E-state index contributed by atoms with van der Waals surface area (Å²) < 4.78 is 0. The Labute approximate surface area is 242 Å². The van der Waals surface area contributed by atoms with Crippen LogP contribution in [0.3, 0.4) is 0 Å². The van der Waals surface area contributed by atoms with Gasteiger partial charge in [-0.25, -0.2) is 4.98 Å². The van der Waals surface area contributed by atoms with Gasteiger partial charge in [0.15, 0.2) is 0 Å². The number of H-pyrrole nitrogens is 1. The zero-order valence-electron chi connectivity index (χ0n) is 23.5. The van der Waals surface area contributed by atoms with Crippen LogP contribution in [0, 0.1) is 32.6 Å². The predicted octanol–water partition coefficient (Wildman–Crippen LogP) is 7.47. The van der Waals surface area contributed by atoms with E-state index in [2.05, 4.69) is 78.9 Å². The fourth-order valence-electron chi connectivity index (χ4n) is 5.34. The number of hydrogen-bond acceptors (Lipinski definition) is 5. The first kappa shape index (κ1) is 29.1. The van der Waals surface area contributed by atoms with Gasteiger partial charge in [-0.3, -0.25) is 4.98 Å². The van der Waals surface area contributed by atoms with Crippen LogP contribution in [0.4, 0.5) is 5.69 Å². The van der Waals surface area contributed by atoms with Crippen molar-refractivity contribution >= 4 is 22.6 Å². The topological polar surface area (TPSA) is 79.6 Å². The van der Waals surface area contributed by atoms with E-state index in [4.69, 9.17) is 10.7 Å². The van der Waals surface area contributed by atoms with Gasteiger partial charge in [-0.1, -0.05) is 37.6 Å². The summed E-state index contributed by atoms with van der Waals surface area (Å²) in [6.07, 6.45) is 21.8. The van der Waals surface area contributed by atoms with Crippen molar-refractivity contribution < 1.29 is 0 Å². The molecule has 4 aromatic rings. The molecule has 4 N–H and O–H groups in total. The number of nitrogen functional groups attached to an aromatic ring is 1. The zero-order chi connectivity index (χ0) is 28.5. The Balaban J connectivity index is 0.00000181. The second kappa shape index (κ2) is 13.9. The lowest BCUT2D eigenvalue weighted by Gasteiger charge is -2.12. The fourth-order valence-corrected chi connectivity index (χ4v) is 6.23. The average Bonchev–Trinajstić information content (AvgIpc) is 3.72. The Morgan fingerprint density at radius 2 is 1.93 bits per heavy atom. The Morgan fingerprint density at radius 3 is 2.65 bits per heavy atom. The minimum absolute atomic E-state index is 0.626. The number of terminal acetylenes is 1. The average molecular weight is 550 g/mol. The highest BCUT2D eigenvalue weighted by molar-refractivity contribution is 7.13. The first-order valence-corrected chi connectivity index (χ1v) is 14.6. The van der Waals surface area contributed by atoms with Crippen molar-refractivity contribution in [1.82, 2.24) is 20.3 Å². The number of imidazole rings is 1. The third-order valence-corrected chi connectivity index (χ3v) is 8.38. The van der Waals surface area contributed by atoms with Crippen molar-refractivity contribution in [3.63, 3.8) is 0 Å². The van der Waals surface area contributed by atoms with Crippen molar-refractivity contribution in [3.8, 4) is 24.0 Å². The van der Waals surface area contributed by atoms with Crippen LogP contribution in [0.25, 0.3) is 16.7 Å². The lowest BCUT2D eigenvalue weighted by atomic mass is 10.0. The maximum Gasteiger partial charge on any atom is 0.111 e. The molecule has 206 valence electrons. The summed E-state index contributed by atoms with van der Waals surface area (Å²) in [5.41, 5.74) is 14.7. The van der Waals surface area contributed by atoms with E-state index in [9.17, 15) is 0 Å². The van der Waals surface area contributed by atoms with Crippen LogP contribution in [0.1, 0.15) is 63.8 Å². The maximum atomic E-state index is 6.43. The molecule has 0 atom stereocenters. The second-order valence-electron chi connectivity index (χ2n) is 10.3. The van der Waals surface area contributed by atoms with Crippen LogP contribution < -0.4 is 11.1 Å². The van der Waals surface area contributed by atoms with E-state index in [-0.39, 0.29) is 0 Å². The van der Waals surface area contributed by atoms with Gasteiger partial charge in [-0.15, -0.1) is 24.2 Å². The number of nitrogens with two attached hydrogens (primary N) is 1. The van der Waals surface area contributed by atoms with E-state index in [0.29, 0.717) is 6.42 Å². The van der Waals surface area contributed by atoms with Gasteiger partial charge >= 0.3 is 0 Å². The standard InChI is InChI=1S/C32H37N5S.C2H2/c1-4-7-28(30-13-10-21(2)38-30)32-22(3)36-31(37-32)16-26-15-25(11-12-29(26)33)27-14-24(19-35-20-27)18-34-17-23-8-5-6-9-23;1-2/h4,7,10-15,19-20,23,34H,1,5-6,8-9,16-18,33H2,2-3H3,(H,36,37);1-2H/b28-7-;. The van der Waals surface area contributed by atoms with Crippen molar-refractivity contribution in [2.45, 2.75) is 52.5 Å². The molecule has 5 rings (SSSR count). The summed E-state index contributed by atoms with van der Waals surface area (Å²) in [5, 5.41) is 3.63. The minimum atomic E-state index is 0.626. The number of allylic oxidation sites excluding steroid dienone is 2. The second-order valence-corrected chi connectivity index (χ2v) is 11.6. The third kappa shape index (κ3) is 7.18. The largest absolute Gasteiger partial charge is 0.398 e. The SMILES string of the molecule is C#C.C=C/C=C(/c1ccc(C)s1)c1nc(Cc2cc(-c3cncc(CNCC4CCCC4)c3)ccc2N)[nH]c1C. The number of hydrogen-bond donors (Lipinski definition) is 3. The molecular weight excluding hydrogens is 510 g/mol. The van der Waals surface area contributed by atoms with E-state index in [1.54, 1.807) is 11.3 Å². The molecule has 3 aromatic heterocycles. The van der Waals surface area contributed by atoms with Crippen LogP contribution in [0.2, 0.25) is 0 Å². The molecule has 0 unspecified atom stereocenters. The highest BCUT2D eigenvalue weighted by Gasteiger charge is 2.16. The number of aromatic amines is 1. The van der Waals surface area contributed by atoms with Crippen LogP contribution in [0.15, 0.2) is 67.5 Å². The molecular formula is C34H39N5S. The van der Waals surface area contributed by atoms with E-state index >= 15 is 0 Å². The summed E-state index contributed by atoms with van der Waals surface area (Å²) in [5.74, 6) is 1.72. The third-order valence-electron chi connectivity index (χ3n) is 7.35. The Bertz CT molecular complexity index is 1480. The van der Waals surface area contributed by atoms with Crippen molar-refractivity contribution in [2.75, 3.05) is 12.3 Å². The first-order valence-electron chi connectivity index (χ1n) is 13.8. The van der Waals surface area contributed by atoms with E-state index in [0.717, 1.165) is 64.2 Å². The predicted molar refractivity (Wildman–Crippen MR) is 170 cm³/mol. The molecule has 40 heavy (non-hydrogen) atoms. The van der Waals surface area contributed by atoms with Gasteiger partial charge in [0, 0.05) is 57.6 Å². The number of benzene rings is 1. The summed E-state index contributed by atoms with van der Waals surface area (Å²) in [6.45, 7) is 10.0. The summed E-state index contributed by atoms with van der Waals surface area (Å²) in [6, 6.07) is 12.8. The number of anilines is 1. The van der Waals surface area contributed by atoms with Crippen molar-refractivity contribution in [1.29, 1.82) is 0 Å². The maximum absolute atomic E-state index is 6.43. The number of nitrogens with zero attached hydrogens (tertiary/aromatic N) is 2. The lowest BCUT2D eigenvalue weighted by Crippen LogP contribution is -2.20. The molecule has 1 fully saturated rings. The summed E-state index contributed by atoms with van der Waals surface area (Å²) in [7, 11) is 0.